The van der Waals surface area contributed by atoms with E-state index in [0.717, 1.165) is 5.56 Å². The Balaban J connectivity index is 2.64. The molecule has 2 rings (SSSR count). The molecule has 4 nitrogen and oxygen atoms in total. The molecule has 1 heterocycles. The largest absolute Gasteiger partial charge is 0.486 e. The third-order valence-electron chi connectivity index (χ3n) is 2.82. The molecule has 1 aromatic carbocycles. The lowest BCUT2D eigenvalue weighted by Gasteiger charge is -2.25. The van der Waals surface area contributed by atoms with E-state index in [1.54, 1.807) is 6.07 Å². The molecule has 7 heteroatoms. The predicted octanol–water partition coefficient (Wildman–Crippen LogP) is 3.30. The van der Waals surface area contributed by atoms with E-state index in [1.165, 1.54) is 0 Å². The fourth-order valence-electron chi connectivity index (χ4n) is 2.15. The quantitative estimate of drug-likeness (QED) is 0.800. The van der Waals surface area contributed by atoms with E-state index in [9.17, 15) is 8.42 Å². The van der Waals surface area contributed by atoms with Gasteiger partial charge in [0.1, 0.15) is 13.2 Å². The molecule has 0 aliphatic carbocycles. The number of halogens is 2. The van der Waals surface area contributed by atoms with E-state index >= 15 is 0 Å². The van der Waals surface area contributed by atoms with Crippen LogP contribution in [0.4, 0.5) is 0 Å². The number of hydrogen-bond acceptors (Lipinski definition) is 4. The van der Waals surface area contributed by atoms with Crippen LogP contribution in [0.1, 0.15) is 30.9 Å². The summed E-state index contributed by atoms with van der Waals surface area (Å²) in [7, 11) is 1.65. The molecule has 0 N–H and O–H groups in total. The number of ether oxygens (including phenoxy) is 2. The second-order valence-electron chi connectivity index (χ2n) is 4.61. The normalized spacial score (nSPS) is 14.8. The minimum Gasteiger partial charge on any atom is -0.486 e. The van der Waals surface area contributed by atoms with Gasteiger partial charge in [0.2, 0.25) is 9.05 Å². The Kier molecular flexibility index (Phi) is 4.18. The van der Waals surface area contributed by atoms with E-state index in [4.69, 9.17) is 31.8 Å². The summed E-state index contributed by atoms with van der Waals surface area (Å²) < 4.78 is 33.8. The van der Waals surface area contributed by atoms with Gasteiger partial charge in [0.25, 0.3) is 0 Å². The molecule has 19 heavy (non-hydrogen) atoms. The molecule has 0 radical (unpaired) electrons. The third-order valence-corrected chi connectivity index (χ3v) is 4.12. The van der Waals surface area contributed by atoms with Gasteiger partial charge in [-0.15, -0.1) is 0 Å². The van der Waals surface area contributed by atoms with Crippen molar-refractivity contribution >= 4 is 31.3 Å². The molecular formula is C12H14Cl2O4S. The Hall–Kier alpha value is -0.650. The Bertz CT molecular complexity index is 596. The number of benzene rings is 1. The molecule has 0 aromatic heterocycles. The van der Waals surface area contributed by atoms with E-state index in [-0.39, 0.29) is 11.7 Å². The van der Waals surface area contributed by atoms with Crippen LogP contribution in [0.15, 0.2) is 6.07 Å². The standard InChI is InChI=1S/C12H14Cl2O4S/c1-7(2)11-8(6-19(14,15)16)9(13)5-10-12(11)18-4-3-17-10/h5,7H,3-4,6H2,1-2H3. The summed E-state index contributed by atoms with van der Waals surface area (Å²) in [6.07, 6.45) is 0. The Morgan fingerprint density at radius 1 is 1.32 bits per heavy atom. The number of hydrogen-bond donors (Lipinski definition) is 0. The van der Waals surface area contributed by atoms with Crippen LogP contribution in [-0.2, 0) is 14.8 Å². The topological polar surface area (TPSA) is 52.6 Å². The predicted molar refractivity (Wildman–Crippen MR) is 75.0 cm³/mol. The molecule has 0 amide bonds. The molecule has 1 aliphatic rings. The highest BCUT2D eigenvalue weighted by Gasteiger charge is 2.26. The summed E-state index contributed by atoms with van der Waals surface area (Å²) in [6, 6.07) is 1.58. The zero-order valence-electron chi connectivity index (χ0n) is 10.6. The van der Waals surface area contributed by atoms with Crippen LogP contribution in [-0.4, -0.2) is 21.6 Å². The van der Waals surface area contributed by atoms with Crippen LogP contribution >= 0.6 is 22.3 Å². The Morgan fingerprint density at radius 2 is 1.95 bits per heavy atom. The maximum Gasteiger partial charge on any atom is 0.236 e. The lowest BCUT2D eigenvalue weighted by atomic mass is 9.96. The highest BCUT2D eigenvalue weighted by molar-refractivity contribution is 8.13. The van der Waals surface area contributed by atoms with Gasteiger partial charge in [-0.3, -0.25) is 0 Å². The van der Waals surface area contributed by atoms with Crippen LogP contribution in [0.25, 0.3) is 0 Å². The van der Waals surface area contributed by atoms with Gasteiger partial charge < -0.3 is 9.47 Å². The number of fused-ring (bicyclic) bond motifs is 1. The molecule has 0 atom stereocenters. The van der Waals surface area contributed by atoms with E-state index in [1.807, 2.05) is 13.8 Å². The lowest BCUT2D eigenvalue weighted by Crippen LogP contribution is -2.18. The van der Waals surface area contributed by atoms with E-state index in [2.05, 4.69) is 0 Å². The van der Waals surface area contributed by atoms with Crippen molar-refractivity contribution in [1.82, 2.24) is 0 Å². The van der Waals surface area contributed by atoms with Crippen LogP contribution < -0.4 is 9.47 Å². The molecule has 1 aromatic rings. The van der Waals surface area contributed by atoms with Gasteiger partial charge in [0.15, 0.2) is 11.5 Å². The van der Waals surface area contributed by atoms with Gasteiger partial charge in [0.05, 0.1) is 5.75 Å². The molecule has 1 aliphatic heterocycles. The highest BCUT2D eigenvalue weighted by atomic mass is 35.7. The van der Waals surface area contributed by atoms with Crippen LogP contribution in [0.2, 0.25) is 5.02 Å². The fourth-order valence-corrected chi connectivity index (χ4v) is 3.48. The van der Waals surface area contributed by atoms with Crippen molar-refractivity contribution in [3.8, 4) is 11.5 Å². The van der Waals surface area contributed by atoms with E-state index in [0.29, 0.717) is 35.3 Å². The molecular weight excluding hydrogens is 311 g/mol. The van der Waals surface area contributed by atoms with Crippen molar-refractivity contribution in [3.05, 3.63) is 22.2 Å². The van der Waals surface area contributed by atoms with Gasteiger partial charge in [-0.1, -0.05) is 25.4 Å². The molecule has 106 valence electrons. The minimum absolute atomic E-state index is 0.0440. The zero-order chi connectivity index (χ0) is 14.2. The van der Waals surface area contributed by atoms with E-state index < -0.39 is 9.05 Å². The van der Waals surface area contributed by atoms with Gasteiger partial charge in [-0.2, -0.15) is 0 Å². The summed E-state index contributed by atoms with van der Waals surface area (Å²) in [5.41, 5.74) is 1.22. The van der Waals surface area contributed by atoms with Crippen molar-refractivity contribution in [2.24, 2.45) is 0 Å². The first kappa shape index (κ1) is 14.8. The Labute approximate surface area is 122 Å². The van der Waals surface area contributed by atoms with Crippen LogP contribution in [0.5, 0.6) is 11.5 Å². The van der Waals surface area contributed by atoms with Crippen LogP contribution in [0.3, 0.4) is 0 Å². The fraction of sp³-hybridized carbons (Fsp3) is 0.500. The number of rotatable bonds is 3. The smallest absolute Gasteiger partial charge is 0.236 e. The average molecular weight is 325 g/mol. The lowest BCUT2D eigenvalue weighted by molar-refractivity contribution is 0.169. The average Bonchev–Trinajstić information content (AvgIpc) is 2.27. The van der Waals surface area contributed by atoms with Crippen molar-refractivity contribution in [3.63, 3.8) is 0 Å². The summed E-state index contributed by atoms with van der Waals surface area (Å²) in [6.45, 7) is 4.76. The highest BCUT2D eigenvalue weighted by Crippen LogP contribution is 2.44. The molecule has 0 fully saturated rings. The zero-order valence-corrected chi connectivity index (χ0v) is 12.9. The van der Waals surface area contributed by atoms with Gasteiger partial charge >= 0.3 is 0 Å². The molecule has 0 unspecified atom stereocenters. The summed E-state index contributed by atoms with van der Waals surface area (Å²) in [4.78, 5) is 0. The van der Waals surface area contributed by atoms with Crippen molar-refractivity contribution in [2.75, 3.05) is 13.2 Å². The van der Waals surface area contributed by atoms with Gasteiger partial charge in [-0.25, -0.2) is 8.42 Å². The van der Waals surface area contributed by atoms with Crippen molar-refractivity contribution in [2.45, 2.75) is 25.5 Å². The first-order valence-electron chi connectivity index (χ1n) is 5.83. The van der Waals surface area contributed by atoms with Gasteiger partial charge in [-0.05, 0) is 11.5 Å². The molecule has 0 bridgehead atoms. The first-order valence-corrected chi connectivity index (χ1v) is 8.68. The third kappa shape index (κ3) is 3.27. The SMILES string of the molecule is CC(C)c1c(CS(=O)(=O)Cl)c(Cl)cc2c1OCCO2. The summed E-state index contributed by atoms with van der Waals surface area (Å²) in [5, 5.41) is 0.331. The Morgan fingerprint density at radius 3 is 2.53 bits per heavy atom. The van der Waals surface area contributed by atoms with Crippen molar-refractivity contribution < 1.29 is 17.9 Å². The second kappa shape index (κ2) is 5.38. The first-order chi connectivity index (χ1) is 8.79. The summed E-state index contributed by atoms with van der Waals surface area (Å²) >= 11 is 6.16. The summed E-state index contributed by atoms with van der Waals surface area (Å²) in [5.74, 6) is 0.844. The second-order valence-corrected chi connectivity index (χ2v) is 7.80. The van der Waals surface area contributed by atoms with Crippen molar-refractivity contribution in [1.29, 1.82) is 0 Å². The minimum atomic E-state index is -3.69. The molecule has 0 spiro atoms. The maximum absolute atomic E-state index is 11.3. The molecule has 0 saturated heterocycles. The van der Waals surface area contributed by atoms with Gasteiger partial charge in [0, 0.05) is 27.3 Å². The van der Waals surface area contributed by atoms with Crippen LogP contribution in [0, 0.1) is 0 Å². The monoisotopic (exact) mass is 324 g/mol. The maximum atomic E-state index is 11.3. The molecule has 0 saturated carbocycles.